The van der Waals surface area contributed by atoms with E-state index in [0.717, 1.165) is 51.0 Å². The van der Waals surface area contributed by atoms with E-state index in [4.69, 9.17) is 4.74 Å². The van der Waals surface area contributed by atoms with Gasteiger partial charge in [0.15, 0.2) is 5.78 Å². The number of benzene rings is 2. The largest absolute Gasteiger partial charge is 0.462 e. The van der Waals surface area contributed by atoms with Gasteiger partial charge in [-0.15, -0.1) is 12.4 Å². The van der Waals surface area contributed by atoms with Gasteiger partial charge < -0.3 is 9.64 Å². The number of halogens is 1. The highest BCUT2D eigenvalue weighted by atomic mass is 35.5. The number of esters is 1. The Bertz CT molecular complexity index is 1500. The Morgan fingerprint density at radius 3 is 2.19 bits per heavy atom. The average molecular weight is 656 g/mol. The molecule has 3 saturated carbocycles. The molecule has 0 aliphatic heterocycles. The zero-order valence-corrected chi connectivity index (χ0v) is 29.9. The lowest BCUT2D eigenvalue weighted by Crippen LogP contribution is -2.51. The molecule has 0 saturated heterocycles. The number of rotatable bonds is 5. The monoisotopic (exact) mass is 655 g/mol. The molecule has 3 fully saturated rings. The Balaban J connectivity index is 0.000000183. The van der Waals surface area contributed by atoms with E-state index in [1.54, 1.807) is 0 Å². The number of carbonyl (C=O) groups is 2. The first-order chi connectivity index (χ1) is 22.1. The number of hydrogen-bond donors (Lipinski definition) is 0. The molecule has 0 aromatic heterocycles. The molecule has 4 nitrogen and oxygen atoms in total. The Morgan fingerprint density at radius 1 is 0.894 bits per heavy atom. The molecule has 0 bridgehead atoms. The van der Waals surface area contributed by atoms with Gasteiger partial charge in [0.05, 0.1) is 0 Å². The number of allylic oxidation sites excluding steroid dienone is 1. The summed E-state index contributed by atoms with van der Waals surface area (Å²) in [5, 5.41) is 0. The lowest BCUT2D eigenvalue weighted by atomic mass is 9.47. The summed E-state index contributed by atoms with van der Waals surface area (Å²) in [5.74, 6) is 2.41. The summed E-state index contributed by atoms with van der Waals surface area (Å²) in [6, 6.07) is 17.3. The van der Waals surface area contributed by atoms with Crippen LogP contribution in [0.15, 0.2) is 66.3 Å². The topological polar surface area (TPSA) is 46.6 Å². The van der Waals surface area contributed by atoms with E-state index in [0.29, 0.717) is 24.0 Å². The second-order valence-electron chi connectivity index (χ2n) is 15.1. The Kier molecular flexibility index (Phi) is 11.0. The normalized spacial score (nSPS) is 30.1. The molecule has 5 aliphatic carbocycles. The second kappa shape index (κ2) is 14.7. The summed E-state index contributed by atoms with van der Waals surface area (Å²) in [5.41, 5.74) is 8.43. The second-order valence-corrected chi connectivity index (χ2v) is 15.1. The molecule has 0 heterocycles. The van der Waals surface area contributed by atoms with E-state index in [1.807, 2.05) is 13.0 Å². The van der Waals surface area contributed by atoms with Gasteiger partial charge >= 0.3 is 5.97 Å². The number of ketones is 1. The predicted octanol–water partition coefficient (Wildman–Crippen LogP) is 9.82. The van der Waals surface area contributed by atoms with Crippen molar-refractivity contribution in [1.29, 1.82) is 0 Å². The molecular formula is C42H54ClNO3. The minimum Gasteiger partial charge on any atom is -0.462 e. The lowest BCUT2D eigenvalue weighted by Gasteiger charge is -2.57. The van der Waals surface area contributed by atoms with Gasteiger partial charge in [-0.1, -0.05) is 93.1 Å². The molecule has 252 valence electrons. The van der Waals surface area contributed by atoms with Crippen molar-refractivity contribution >= 4 is 41.9 Å². The maximum atomic E-state index is 11.9. The van der Waals surface area contributed by atoms with Crippen LogP contribution in [0.1, 0.15) is 107 Å². The molecule has 5 aliphatic rings. The number of nitrogens with zero attached hydrogens (tertiary/aromatic N) is 1. The summed E-state index contributed by atoms with van der Waals surface area (Å²) in [6.07, 6.45) is 19.2. The van der Waals surface area contributed by atoms with Crippen molar-refractivity contribution in [3.05, 3.63) is 88.5 Å². The van der Waals surface area contributed by atoms with Gasteiger partial charge in [-0.05, 0) is 123 Å². The standard InChI is InChI=1S/C22H32O3.C20H21N.ClH/c1-4-20(24)25-19-8-7-17-16-6-5-14-13-15(23)9-11-21(14,2)18(16)10-12-22(17,19)3;1-21(2)15-7-12-20-18-10-5-3-8-16(18)13-14-17-9-4-6-11-19(17)20;/h13,16-19H,4-12H2,1-3H3;3-6,8-14H,7,15H2,1-2H3;1H. The summed E-state index contributed by atoms with van der Waals surface area (Å²) >= 11 is 0. The third-order valence-electron chi connectivity index (χ3n) is 12.3. The van der Waals surface area contributed by atoms with Gasteiger partial charge in [-0.25, -0.2) is 0 Å². The van der Waals surface area contributed by atoms with E-state index in [1.165, 1.54) is 52.7 Å². The van der Waals surface area contributed by atoms with Crippen molar-refractivity contribution < 1.29 is 14.3 Å². The molecule has 0 amide bonds. The van der Waals surface area contributed by atoms with Gasteiger partial charge in [0.1, 0.15) is 6.10 Å². The molecule has 2 aromatic carbocycles. The van der Waals surface area contributed by atoms with Crippen LogP contribution in [0.5, 0.6) is 0 Å². The maximum Gasteiger partial charge on any atom is 0.305 e. The summed E-state index contributed by atoms with van der Waals surface area (Å²) in [6.45, 7) is 7.76. The van der Waals surface area contributed by atoms with Crippen LogP contribution in [-0.2, 0) is 14.3 Å². The number of carbonyl (C=O) groups excluding carboxylic acids is 2. The van der Waals surface area contributed by atoms with Crippen molar-refractivity contribution in [3.63, 3.8) is 0 Å². The number of fused-ring (bicyclic) bond motifs is 7. The highest BCUT2D eigenvalue weighted by Gasteiger charge is 2.59. The summed E-state index contributed by atoms with van der Waals surface area (Å²) in [4.78, 5) is 26.0. The fraction of sp³-hybridized carbons (Fsp3) is 0.524. The minimum absolute atomic E-state index is 0. The van der Waals surface area contributed by atoms with Gasteiger partial charge in [-0.2, -0.15) is 0 Å². The van der Waals surface area contributed by atoms with Crippen LogP contribution in [0, 0.1) is 28.6 Å². The van der Waals surface area contributed by atoms with Crippen LogP contribution in [0.2, 0.25) is 0 Å². The first-order valence-corrected chi connectivity index (χ1v) is 17.8. The first kappa shape index (κ1) is 35.4. The molecule has 7 rings (SSSR count). The van der Waals surface area contributed by atoms with Crippen molar-refractivity contribution in [1.82, 2.24) is 4.90 Å². The smallest absolute Gasteiger partial charge is 0.305 e. The quantitative estimate of drug-likeness (QED) is 0.257. The highest BCUT2D eigenvalue weighted by Crippen LogP contribution is 2.65. The summed E-state index contributed by atoms with van der Waals surface area (Å²) in [7, 11) is 4.24. The van der Waals surface area contributed by atoms with E-state index >= 15 is 0 Å². The minimum atomic E-state index is -0.0411. The maximum absolute atomic E-state index is 11.9. The molecule has 0 radical (unpaired) electrons. The van der Waals surface area contributed by atoms with Crippen LogP contribution in [0.4, 0.5) is 0 Å². The van der Waals surface area contributed by atoms with Crippen molar-refractivity contribution in [2.24, 2.45) is 28.6 Å². The molecule has 6 unspecified atom stereocenters. The Morgan fingerprint density at radius 2 is 1.55 bits per heavy atom. The van der Waals surface area contributed by atoms with Gasteiger partial charge in [0, 0.05) is 24.8 Å². The molecule has 0 spiro atoms. The number of hydrogen-bond acceptors (Lipinski definition) is 4. The highest BCUT2D eigenvalue weighted by molar-refractivity contribution is 5.93. The van der Waals surface area contributed by atoms with Gasteiger partial charge in [0.2, 0.25) is 0 Å². The predicted molar refractivity (Wildman–Crippen MR) is 196 cm³/mol. The molecule has 0 N–H and O–H groups in total. The fourth-order valence-corrected chi connectivity index (χ4v) is 9.73. The van der Waals surface area contributed by atoms with Gasteiger partial charge in [-0.3, -0.25) is 9.59 Å². The van der Waals surface area contributed by atoms with E-state index < -0.39 is 0 Å². The third-order valence-corrected chi connectivity index (χ3v) is 12.3. The van der Waals surface area contributed by atoms with Crippen molar-refractivity contribution in [2.45, 2.75) is 91.1 Å². The fourth-order valence-electron chi connectivity index (χ4n) is 9.73. The zero-order valence-electron chi connectivity index (χ0n) is 29.1. The molecule has 2 aromatic rings. The van der Waals surface area contributed by atoms with Gasteiger partial charge in [0.25, 0.3) is 0 Å². The lowest BCUT2D eigenvalue weighted by molar-refractivity contribution is -0.159. The summed E-state index contributed by atoms with van der Waals surface area (Å²) < 4.78 is 5.86. The molecule has 47 heavy (non-hydrogen) atoms. The SMILES string of the molecule is CCC(=O)OC1CCC2C3CCC4=CC(=O)CCC4(C)C3CCC12C.CN(C)CCC=C1c2ccccc2C=Cc2ccccc21.Cl. The van der Waals surface area contributed by atoms with E-state index in [-0.39, 0.29) is 35.3 Å². The molecule has 5 heteroatoms. The zero-order chi connectivity index (χ0) is 32.5. The van der Waals surface area contributed by atoms with Crippen LogP contribution >= 0.6 is 12.4 Å². The van der Waals surface area contributed by atoms with Crippen molar-refractivity contribution in [3.8, 4) is 0 Å². The average Bonchev–Trinajstić information content (AvgIpc) is 3.29. The van der Waals surface area contributed by atoms with Crippen LogP contribution < -0.4 is 0 Å². The van der Waals surface area contributed by atoms with Crippen molar-refractivity contribution in [2.75, 3.05) is 20.6 Å². The molecular weight excluding hydrogens is 602 g/mol. The van der Waals surface area contributed by atoms with Crippen LogP contribution in [0.25, 0.3) is 17.7 Å². The Labute approximate surface area is 289 Å². The van der Waals surface area contributed by atoms with E-state index in [2.05, 4.69) is 99.6 Å². The van der Waals surface area contributed by atoms with Crippen LogP contribution in [0.3, 0.4) is 0 Å². The van der Waals surface area contributed by atoms with Crippen LogP contribution in [-0.4, -0.2) is 43.4 Å². The number of ether oxygens (including phenoxy) is 1. The molecule has 6 atom stereocenters. The Hall–Kier alpha value is -2.95. The van der Waals surface area contributed by atoms with E-state index in [9.17, 15) is 9.59 Å². The first-order valence-electron chi connectivity index (χ1n) is 17.8. The third kappa shape index (κ3) is 6.97.